The van der Waals surface area contributed by atoms with Crippen molar-refractivity contribution in [1.29, 1.82) is 0 Å². The molecule has 0 saturated heterocycles. The van der Waals surface area contributed by atoms with Crippen LogP contribution in [0.4, 0.5) is 4.39 Å². The Morgan fingerprint density at radius 3 is 2.25 bits per heavy atom. The van der Waals surface area contributed by atoms with Crippen LogP contribution in [0.25, 0.3) is 22.4 Å². The van der Waals surface area contributed by atoms with Gasteiger partial charge in [-0.3, -0.25) is 4.98 Å². The van der Waals surface area contributed by atoms with Crippen LogP contribution < -0.4 is 0 Å². The number of nitrogens with zero attached hydrogens (tertiary/aromatic N) is 1. The molecule has 0 spiro atoms. The van der Waals surface area contributed by atoms with Gasteiger partial charge < -0.3 is 0 Å². The fourth-order valence-corrected chi connectivity index (χ4v) is 2.29. The zero-order valence-electron chi connectivity index (χ0n) is 11.2. The predicted molar refractivity (Wildman–Crippen MR) is 79.8 cm³/mol. The first kappa shape index (κ1) is 12.5. The van der Waals surface area contributed by atoms with E-state index in [0.717, 1.165) is 16.7 Å². The number of halogens is 1. The zero-order chi connectivity index (χ0) is 13.9. The van der Waals surface area contributed by atoms with E-state index in [9.17, 15) is 4.39 Å². The molecular formula is C18H14FN. The Balaban J connectivity index is 2.07. The third-order valence-corrected chi connectivity index (χ3v) is 3.35. The maximum absolute atomic E-state index is 13.8. The second kappa shape index (κ2) is 5.25. The van der Waals surface area contributed by atoms with Crippen LogP contribution in [0.1, 0.15) is 5.56 Å². The highest BCUT2D eigenvalue weighted by atomic mass is 19.1. The van der Waals surface area contributed by atoms with Crippen molar-refractivity contribution in [3.8, 4) is 22.4 Å². The van der Waals surface area contributed by atoms with E-state index in [2.05, 4.69) is 4.98 Å². The van der Waals surface area contributed by atoms with Crippen LogP contribution >= 0.6 is 0 Å². The number of hydrogen-bond acceptors (Lipinski definition) is 1. The molecule has 3 rings (SSSR count). The van der Waals surface area contributed by atoms with Crippen molar-refractivity contribution in [3.05, 3.63) is 78.2 Å². The summed E-state index contributed by atoms with van der Waals surface area (Å²) in [5.41, 5.74) is 4.49. The highest BCUT2D eigenvalue weighted by Gasteiger charge is 2.08. The van der Waals surface area contributed by atoms with Crippen LogP contribution in [-0.4, -0.2) is 4.98 Å². The van der Waals surface area contributed by atoms with Crippen molar-refractivity contribution in [1.82, 2.24) is 4.98 Å². The maximum Gasteiger partial charge on any atom is 0.132 e. The lowest BCUT2D eigenvalue weighted by molar-refractivity contribution is 0.630. The fraction of sp³-hybridized carbons (Fsp3) is 0.0556. The molecular weight excluding hydrogens is 249 g/mol. The van der Waals surface area contributed by atoms with Gasteiger partial charge in [-0.05, 0) is 36.2 Å². The third kappa shape index (κ3) is 2.32. The maximum atomic E-state index is 13.8. The molecule has 0 amide bonds. The summed E-state index contributed by atoms with van der Waals surface area (Å²) < 4.78 is 13.8. The second-order valence-corrected chi connectivity index (χ2v) is 4.73. The zero-order valence-corrected chi connectivity index (χ0v) is 11.2. The minimum Gasteiger partial charge on any atom is -0.255 e. The number of rotatable bonds is 2. The number of hydrogen-bond donors (Lipinski definition) is 0. The van der Waals surface area contributed by atoms with Crippen molar-refractivity contribution in [2.24, 2.45) is 0 Å². The lowest BCUT2D eigenvalue weighted by Crippen LogP contribution is -1.91. The van der Waals surface area contributed by atoms with Crippen LogP contribution in [0.15, 0.2) is 66.9 Å². The lowest BCUT2D eigenvalue weighted by atomic mass is 10.0. The summed E-state index contributed by atoms with van der Waals surface area (Å²) in [4.78, 5) is 4.41. The molecule has 2 aromatic carbocycles. The number of aryl methyl sites for hydroxylation is 1. The first-order valence-corrected chi connectivity index (χ1v) is 6.52. The molecule has 3 aromatic rings. The molecule has 1 nitrogen and oxygen atoms in total. The Morgan fingerprint density at radius 1 is 0.850 bits per heavy atom. The molecule has 0 aliphatic heterocycles. The Hall–Kier alpha value is -2.48. The van der Waals surface area contributed by atoms with Gasteiger partial charge in [0, 0.05) is 17.3 Å². The van der Waals surface area contributed by atoms with Crippen LogP contribution in [0.2, 0.25) is 0 Å². The SMILES string of the molecule is Cc1cc(-c2ccccc2F)ncc1-c1ccccc1. The normalized spacial score (nSPS) is 10.5. The van der Waals surface area contributed by atoms with E-state index in [1.165, 1.54) is 6.07 Å². The van der Waals surface area contributed by atoms with E-state index in [-0.39, 0.29) is 5.82 Å². The highest BCUT2D eigenvalue weighted by Crippen LogP contribution is 2.27. The van der Waals surface area contributed by atoms with Gasteiger partial charge in [0.2, 0.25) is 0 Å². The average molecular weight is 263 g/mol. The Labute approximate surface area is 117 Å². The number of aromatic nitrogens is 1. The monoisotopic (exact) mass is 263 g/mol. The molecule has 2 heteroatoms. The summed E-state index contributed by atoms with van der Waals surface area (Å²) >= 11 is 0. The summed E-state index contributed by atoms with van der Waals surface area (Å²) in [6.07, 6.45) is 1.81. The van der Waals surface area contributed by atoms with E-state index in [0.29, 0.717) is 11.3 Å². The van der Waals surface area contributed by atoms with Crippen LogP contribution in [-0.2, 0) is 0 Å². The molecule has 20 heavy (non-hydrogen) atoms. The van der Waals surface area contributed by atoms with Gasteiger partial charge in [0.15, 0.2) is 0 Å². The molecule has 1 aromatic heterocycles. The third-order valence-electron chi connectivity index (χ3n) is 3.35. The van der Waals surface area contributed by atoms with Crippen molar-refractivity contribution in [2.45, 2.75) is 6.92 Å². The van der Waals surface area contributed by atoms with E-state index in [1.54, 1.807) is 12.1 Å². The van der Waals surface area contributed by atoms with Gasteiger partial charge in [-0.25, -0.2) is 4.39 Å². The molecule has 0 atom stereocenters. The van der Waals surface area contributed by atoms with Crippen molar-refractivity contribution in [3.63, 3.8) is 0 Å². The summed E-state index contributed by atoms with van der Waals surface area (Å²) in [5.74, 6) is -0.244. The molecule has 0 aliphatic carbocycles. The van der Waals surface area contributed by atoms with E-state index < -0.39 is 0 Å². The summed E-state index contributed by atoms with van der Waals surface area (Å²) in [6, 6.07) is 18.7. The Bertz CT molecular complexity index is 735. The second-order valence-electron chi connectivity index (χ2n) is 4.73. The van der Waals surface area contributed by atoms with E-state index in [1.807, 2.05) is 55.6 Å². The van der Waals surface area contributed by atoms with Gasteiger partial charge in [0.1, 0.15) is 5.82 Å². The van der Waals surface area contributed by atoms with Crippen LogP contribution in [0.5, 0.6) is 0 Å². The van der Waals surface area contributed by atoms with Gasteiger partial charge >= 0.3 is 0 Å². The number of pyridine rings is 1. The van der Waals surface area contributed by atoms with Gasteiger partial charge in [-0.15, -0.1) is 0 Å². The predicted octanol–water partition coefficient (Wildman–Crippen LogP) is 4.86. The molecule has 0 N–H and O–H groups in total. The minimum atomic E-state index is -0.244. The number of benzene rings is 2. The fourth-order valence-electron chi connectivity index (χ4n) is 2.29. The van der Waals surface area contributed by atoms with Gasteiger partial charge in [0.25, 0.3) is 0 Å². The molecule has 0 fully saturated rings. The topological polar surface area (TPSA) is 12.9 Å². The lowest BCUT2D eigenvalue weighted by Gasteiger charge is -2.08. The van der Waals surface area contributed by atoms with Gasteiger partial charge in [-0.1, -0.05) is 42.5 Å². The molecule has 0 unspecified atom stereocenters. The molecule has 98 valence electrons. The summed E-state index contributed by atoms with van der Waals surface area (Å²) in [5, 5.41) is 0. The van der Waals surface area contributed by atoms with E-state index >= 15 is 0 Å². The Morgan fingerprint density at radius 2 is 1.55 bits per heavy atom. The Kier molecular flexibility index (Phi) is 3.30. The van der Waals surface area contributed by atoms with E-state index in [4.69, 9.17) is 0 Å². The molecule has 0 aliphatic rings. The summed E-state index contributed by atoms with van der Waals surface area (Å²) in [7, 11) is 0. The largest absolute Gasteiger partial charge is 0.255 e. The smallest absolute Gasteiger partial charge is 0.132 e. The van der Waals surface area contributed by atoms with Gasteiger partial charge in [-0.2, -0.15) is 0 Å². The molecule has 0 bridgehead atoms. The first-order valence-electron chi connectivity index (χ1n) is 6.52. The first-order chi connectivity index (χ1) is 9.75. The van der Waals surface area contributed by atoms with Crippen molar-refractivity contribution < 1.29 is 4.39 Å². The quantitative estimate of drug-likeness (QED) is 0.643. The highest BCUT2D eigenvalue weighted by molar-refractivity contribution is 5.70. The average Bonchev–Trinajstić information content (AvgIpc) is 2.48. The molecule has 0 saturated carbocycles. The molecule has 0 radical (unpaired) electrons. The van der Waals surface area contributed by atoms with Crippen molar-refractivity contribution >= 4 is 0 Å². The van der Waals surface area contributed by atoms with Crippen LogP contribution in [0, 0.1) is 12.7 Å². The standard InChI is InChI=1S/C18H14FN/c1-13-11-18(15-9-5-6-10-17(15)19)20-12-16(13)14-7-3-2-4-8-14/h2-12H,1H3. The minimum absolute atomic E-state index is 0.244. The molecule has 1 heterocycles. The van der Waals surface area contributed by atoms with Crippen molar-refractivity contribution in [2.75, 3.05) is 0 Å². The van der Waals surface area contributed by atoms with Gasteiger partial charge in [0.05, 0.1) is 5.69 Å². The van der Waals surface area contributed by atoms with Crippen LogP contribution in [0.3, 0.4) is 0 Å². The summed E-state index contributed by atoms with van der Waals surface area (Å²) in [6.45, 7) is 2.02.